The van der Waals surface area contributed by atoms with E-state index < -0.39 is 12.1 Å². The van der Waals surface area contributed by atoms with E-state index in [9.17, 15) is 9.90 Å². The van der Waals surface area contributed by atoms with E-state index in [1.54, 1.807) is 7.11 Å². The molecule has 92 valence electrons. The number of benzene rings is 1. The highest BCUT2D eigenvalue weighted by Crippen LogP contribution is 2.12. The Balaban J connectivity index is 2.52. The number of carbonyl (C=O) groups excluding carboxylic acids is 1. The number of aliphatic hydroxyl groups is 1. The second kappa shape index (κ2) is 6.70. The predicted molar refractivity (Wildman–Crippen MR) is 63.9 cm³/mol. The number of hydrogen-bond donors (Lipinski definition) is 1. The minimum atomic E-state index is -0.706. The Morgan fingerprint density at radius 1 is 1.35 bits per heavy atom. The molecule has 0 spiro atoms. The monoisotopic (exact) mass is 236 g/mol. The zero-order chi connectivity index (χ0) is 12.7. The zero-order valence-corrected chi connectivity index (χ0v) is 9.92. The summed E-state index contributed by atoms with van der Waals surface area (Å²) in [7, 11) is 2.89. The summed E-state index contributed by atoms with van der Waals surface area (Å²) in [6.07, 6.45) is 2.37. The number of aliphatic hydroxyl groups excluding tert-OH is 1. The Hall–Kier alpha value is -1.81. The van der Waals surface area contributed by atoms with Gasteiger partial charge in [0.15, 0.2) is 0 Å². The lowest BCUT2D eigenvalue weighted by atomic mass is 10.1. The molecule has 0 amide bonds. The fraction of sp³-hybridized carbons (Fsp3) is 0.308. The minimum Gasteiger partial charge on any atom is -0.497 e. The molecule has 1 atom stereocenters. The van der Waals surface area contributed by atoms with Crippen molar-refractivity contribution in [1.82, 2.24) is 0 Å². The summed E-state index contributed by atoms with van der Waals surface area (Å²) >= 11 is 0. The van der Waals surface area contributed by atoms with Gasteiger partial charge in [-0.3, -0.25) is 0 Å². The van der Waals surface area contributed by atoms with Gasteiger partial charge in [-0.2, -0.15) is 0 Å². The van der Waals surface area contributed by atoms with E-state index in [0.717, 1.165) is 11.3 Å². The van der Waals surface area contributed by atoms with Gasteiger partial charge in [0.25, 0.3) is 0 Å². The average Bonchev–Trinajstić information content (AvgIpc) is 2.36. The van der Waals surface area contributed by atoms with Crippen molar-refractivity contribution < 1.29 is 19.4 Å². The van der Waals surface area contributed by atoms with Gasteiger partial charge in [-0.25, -0.2) is 4.79 Å². The van der Waals surface area contributed by atoms with Gasteiger partial charge in [0.05, 0.1) is 20.3 Å². The van der Waals surface area contributed by atoms with Crippen molar-refractivity contribution in [2.45, 2.75) is 12.5 Å². The highest BCUT2D eigenvalue weighted by atomic mass is 16.5. The molecule has 0 saturated carbocycles. The van der Waals surface area contributed by atoms with E-state index in [0.29, 0.717) is 6.42 Å². The lowest BCUT2D eigenvalue weighted by molar-refractivity contribution is -0.134. The Morgan fingerprint density at radius 3 is 2.53 bits per heavy atom. The van der Waals surface area contributed by atoms with E-state index in [1.165, 1.54) is 19.3 Å². The van der Waals surface area contributed by atoms with Gasteiger partial charge in [-0.1, -0.05) is 12.1 Å². The van der Waals surface area contributed by atoms with E-state index in [2.05, 4.69) is 4.74 Å². The fourth-order valence-corrected chi connectivity index (χ4v) is 1.33. The Bertz CT molecular complexity index is 381. The lowest BCUT2D eigenvalue weighted by Crippen LogP contribution is -2.08. The van der Waals surface area contributed by atoms with E-state index in [4.69, 9.17) is 4.74 Å². The summed E-state index contributed by atoms with van der Waals surface area (Å²) in [4.78, 5) is 10.8. The maximum Gasteiger partial charge on any atom is 0.330 e. The molecule has 0 aliphatic heterocycles. The molecule has 0 fully saturated rings. The minimum absolute atomic E-state index is 0.442. The smallest absolute Gasteiger partial charge is 0.330 e. The van der Waals surface area contributed by atoms with Crippen LogP contribution in [0.25, 0.3) is 0 Å². The van der Waals surface area contributed by atoms with Crippen LogP contribution in [0.3, 0.4) is 0 Å². The molecule has 0 radical (unpaired) electrons. The molecule has 0 aliphatic carbocycles. The number of methoxy groups -OCH3 is 2. The van der Waals surface area contributed by atoms with E-state index in [1.807, 2.05) is 24.3 Å². The van der Waals surface area contributed by atoms with Crippen molar-refractivity contribution in [1.29, 1.82) is 0 Å². The number of esters is 1. The standard InChI is InChI=1S/C13H16O4/c1-16-12-6-3-10(4-7-12)9-11(14)5-8-13(15)17-2/h3-8,11,14H,9H2,1-2H3/b8-5+/t11-/m1/s1. The first-order valence-electron chi connectivity index (χ1n) is 5.23. The largest absolute Gasteiger partial charge is 0.497 e. The third kappa shape index (κ3) is 4.70. The summed E-state index contributed by atoms with van der Waals surface area (Å²) in [5.74, 6) is 0.298. The van der Waals surface area contributed by atoms with Crippen LogP contribution in [0, 0.1) is 0 Å². The first-order valence-corrected chi connectivity index (χ1v) is 5.23. The summed E-state index contributed by atoms with van der Waals surface area (Å²) in [5, 5.41) is 9.65. The van der Waals surface area contributed by atoms with Crippen LogP contribution >= 0.6 is 0 Å². The van der Waals surface area contributed by atoms with Crippen LogP contribution in [0.4, 0.5) is 0 Å². The molecular formula is C13H16O4. The summed E-state index contributed by atoms with van der Waals surface area (Å²) in [6.45, 7) is 0. The lowest BCUT2D eigenvalue weighted by Gasteiger charge is -2.06. The van der Waals surface area contributed by atoms with E-state index in [-0.39, 0.29) is 0 Å². The van der Waals surface area contributed by atoms with Gasteiger partial charge in [0.2, 0.25) is 0 Å². The molecular weight excluding hydrogens is 220 g/mol. The van der Waals surface area contributed by atoms with Crippen LogP contribution in [0.15, 0.2) is 36.4 Å². The van der Waals surface area contributed by atoms with Crippen molar-refractivity contribution in [2.24, 2.45) is 0 Å². The number of hydrogen-bond acceptors (Lipinski definition) is 4. The molecule has 0 saturated heterocycles. The van der Waals surface area contributed by atoms with Gasteiger partial charge in [0.1, 0.15) is 5.75 Å². The van der Waals surface area contributed by atoms with Crippen LogP contribution in [0.5, 0.6) is 5.75 Å². The normalized spacial score (nSPS) is 12.4. The molecule has 0 bridgehead atoms. The number of ether oxygens (including phenoxy) is 2. The molecule has 17 heavy (non-hydrogen) atoms. The van der Waals surface area contributed by atoms with Gasteiger partial charge in [-0.15, -0.1) is 0 Å². The Morgan fingerprint density at radius 2 is 2.00 bits per heavy atom. The first-order chi connectivity index (χ1) is 8.15. The number of rotatable bonds is 5. The van der Waals surface area contributed by atoms with Crippen molar-refractivity contribution in [3.63, 3.8) is 0 Å². The van der Waals surface area contributed by atoms with Crippen LogP contribution in [0.1, 0.15) is 5.56 Å². The quantitative estimate of drug-likeness (QED) is 0.619. The fourth-order valence-electron chi connectivity index (χ4n) is 1.33. The zero-order valence-electron chi connectivity index (χ0n) is 9.92. The molecule has 1 aromatic carbocycles. The molecule has 0 aliphatic rings. The number of carbonyl (C=O) groups is 1. The molecule has 1 rings (SSSR count). The van der Waals surface area contributed by atoms with Crippen LogP contribution in [-0.2, 0) is 16.0 Å². The molecule has 0 aromatic heterocycles. The third-order valence-electron chi connectivity index (χ3n) is 2.26. The average molecular weight is 236 g/mol. The van der Waals surface area contributed by atoms with Crippen LogP contribution in [-0.4, -0.2) is 31.4 Å². The Kier molecular flexibility index (Phi) is 5.23. The SMILES string of the molecule is COC(=O)/C=C/[C@@H](O)Cc1ccc(OC)cc1. The third-order valence-corrected chi connectivity index (χ3v) is 2.26. The van der Waals surface area contributed by atoms with Crippen molar-refractivity contribution in [3.8, 4) is 5.75 Å². The van der Waals surface area contributed by atoms with Crippen molar-refractivity contribution in [2.75, 3.05) is 14.2 Å². The highest BCUT2D eigenvalue weighted by molar-refractivity contribution is 5.81. The molecule has 4 nitrogen and oxygen atoms in total. The summed E-state index contributed by atoms with van der Waals surface area (Å²) in [6, 6.07) is 7.39. The van der Waals surface area contributed by atoms with Gasteiger partial charge in [0, 0.05) is 12.5 Å². The van der Waals surface area contributed by atoms with E-state index >= 15 is 0 Å². The van der Waals surface area contributed by atoms with Gasteiger partial charge in [-0.05, 0) is 23.8 Å². The Labute approximate surface area is 100 Å². The van der Waals surface area contributed by atoms with Crippen molar-refractivity contribution >= 4 is 5.97 Å². The summed E-state index contributed by atoms with van der Waals surface area (Å²) < 4.78 is 9.46. The molecule has 0 unspecified atom stereocenters. The molecule has 4 heteroatoms. The highest BCUT2D eigenvalue weighted by Gasteiger charge is 2.03. The molecule has 1 N–H and O–H groups in total. The van der Waals surface area contributed by atoms with Crippen molar-refractivity contribution in [3.05, 3.63) is 42.0 Å². The predicted octanol–water partition coefficient (Wildman–Crippen LogP) is 1.33. The topological polar surface area (TPSA) is 55.8 Å². The molecule has 1 aromatic rings. The molecule has 0 heterocycles. The van der Waals surface area contributed by atoms with Crippen LogP contribution < -0.4 is 4.74 Å². The second-order valence-electron chi connectivity index (χ2n) is 3.50. The maximum atomic E-state index is 10.8. The van der Waals surface area contributed by atoms with Gasteiger partial charge < -0.3 is 14.6 Å². The van der Waals surface area contributed by atoms with Crippen LogP contribution in [0.2, 0.25) is 0 Å². The first kappa shape index (κ1) is 13.3. The summed E-state index contributed by atoms with van der Waals surface area (Å²) in [5.41, 5.74) is 0.966. The second-order valence-corrected chi connectivity index (χ2v) is 3.50. The van der Waals surface area contributed by atoms with Gasteiger partial charge >= 0.3 is 5.97 Å². The maximum absolute atomic E-state index is 10.8.